The van der Waals surface area contributed by atoms with Gasteiger partial charge < -0.3 is 5.73 Å². The highest BCUT2D eigenvalue weighted by Gasteiger charge is 2.09. The van der Waals surface area contributed by atoms with Crippen LogP contribution in [0.2, 0.25) is 0 Å². The number of benzene rings is 1. The minimum Gasteiger partial charge on any atom is -0.322 e. The number of halogens is 2. The van der Waals surface area contributed by atoms with Gasteiger partial charge in [-0.3, -0.25) is 0 Å². The maximum atomic E-state index is 13.0. The van der Waals surface area contributed by atoms with Crippen molar-refractivity contribution in [3.05, 3.63) is 40.2 Å². The van der Waals surface area contributed by atoms with Crippen molar-refractivity contribution in [2.45, 2.75) is 13.0 Å². The third-order valence-electron chi connectivity index (χ3n) is 2.07. The predicted octanol–water partition coefficient (Wildman–Crippen LogP) is 3.11. The smallest absolute Gasteiger partial charge is 0.126 e. The average molecular weight is 240 g/mol. The zero-order chi connectivity index (χ0) is 11.7. The van der Waals surface area contributed by atoms with Gasteiger partial charge >= 0.3 is 0 Å². The summed E-state index contributed by atoms with van der Waals surface area (Å²) >= 11 is 1.38. The molecule has 84 valence electrons. The second-order valence-electron chi connectivity index (χ2n) is 3.52. The van der Waals surface area contributed by atoms with E-state index in [9.17, 15) is 8.78 Å². The first-order chi connectivity index (χ1) is 7.56. The number of aromatic nitrogens is 1. The van der Waals surface area contributed by atoms with Crippen LogP contribution in [0.1, 0.15) is 18.0 Å². The highest BCUT2D eigenvalue weighted by atomic mass is 32.1. The Morgan fingerprint density at radius 3 is 2.38 bits per heavy atom. The van der Waals surface area contributed by atoms with Crippen molar-refractivity contribution < 1.29 is 8.78 Å². The van der Waals surface area contributed by atoms with Crippen molar-refractivity contribution in [2.75, 3.05) is 0 Å². The molecule has 16 heavy (non-hydrogen) atoms. The molecule has 0 aliphatic carbocycles. The van der Waals surface area contributed by atoms with Gasteiger partial charge in [-0.15, -0.1) is 11.3 Å². The Morgan fingerprint density at radius 1 is 1.25 bits per heavy atom. The molecule has 2 nitrogen and oxygen atoms in total. The van der Waals surface area contributed by atoms with Crippen LogP contribution in [0.15, 0.2) is 23.6 Å². The van der Waals surface area contributed by atoms with Gasteiger partial charge in [-0.05, 0) is 19.1 Å². The number of thiazole rings is 1. The summed E-state index contributed by atoms with van der Waals surface area (Å²) in [4.78, 5) is 4.22. The molecule has 5 heteroatoms. The second-order valence-corrected chi connectivity index (χ2v) is 4.41. The minimum atomic E-state index is -0.606. The van der Waals surface area contributed by atoms with Crippen LogP contribution in [0.4, 0.5) is 8.78 Å². The van der Waals surface area contributed by atoms with Gasteiger partial charge in [0, 0.05) is 17.0 Å². The van der Waals surface area contributed by atoms with Gasteiger partial charge in [0.15, 0.2) is 0 Å². The van der Waals surface area contributed by atoms with Crippen LogP contribution in [0, 0.1) is 11.6 Å². The Morgan fingerprint density at radius 2 is 1.88 bits per heavy atom. The molecular formula is C11H10F2N2S. The lowest BCUT2D eigenvalue weighted by molar-refractivity contribution is 0.584. The second kappa shape index (κ2) is 4.27. The Bertz CT molecular complexity index is 488. The van der Waals surface area contributed by atoms with Crippen molar-refractivity contribution >= 4 is 11.3 Å². The molecule has 1 aromatic carbocycles. The zero-order valence-electron chi connectivity index (χ0n) is 8.58. The summed E-state index contributed by atoms with van der Waals surface area (Å²) < 4.78 is 26.0. The normalized spacial score (nSPS) is 12.8. The molecule has 2 N–H and O–H groups in total. The van der Waals surface area contributed by atoms with E-state index >= 15 is 0 Å². The van der Waals surface area contributed by atoms with Gasteiger partial charge in [0.2, 0.25) is 0 Å². The van der Waals surface area contributed by atoms with Crippen LogP contribution >= 0.6 is 11.3 Å². The summed E-state index contributed by atoms with van der Waals surface area (Å²) in [6.07, 6.45) is 0. The standard InChI is InChI=1S/C11H10F2N2S/c1-6(14)11-15-10(5-16-11)7-2-8(12)4-9(13)3-7/h2-6H,14H2,1H3. The zero-order valence-corrected chi connectivity index (χ0v) is 9.39. The van der Waals surface area contributed by atoms with Crippen molar-refractivity contribution in [3.8, 4) is 11.3 Å². The molecule has 0 spiro atoms. The summed E-state index contributed by atoms with van der Waals surface area (Å²) in [7, 11) is 0. The Hall–Kier alpha value is -1.33. The van der Waals surface area contributed by atoms with Crippen molar-refractivity contribution in [3.63, 3.8) is 0 Å². The number of hydrogen-bond donors (Lipinski definition) is 1. The van der Waals surface area contributed by atoms with Gasteiger partial charge in [-0.2, -0.15) is 0 Å². The third kappa shape index (κ3) is 2.25. The van der Waals surface area contributed by atoms with E-state index in [4.69, 9.17) is 5.73 Å². The fourth-order valence-electron chi connectivity index (χ4n) is 1.33. The molecule has 1 unspecified atom stereocenters. The van der Waals surface area contributed by atoms with Crippen LogP contribution in [-0.2, 0) is 0 Å². The van der Waals surface area contributed by atoms with Crippen LogP contribution in [0.5, 0.6) is 0 Å². The maximum Gasteiger partial charge on any atom is 0.126 e. The highest BCUT2D eigenvalue weighted by Crippen LogP contribution is 2.25. The van der Waals surface area contributed by atoms with Crippen molar-refractivity contribution in [1.29, 1.82) is 0 Å². The molecule has 1 heterocycles. The maximum absolute atomic E-state index is 13.0. The van der Waals surface area contributed by atoms with E-state index in [2.05, 4.69) is 4.98 Å². The number of nitrogens with zero attached hydrogens (tertiary/aromatic N) is 1. The van der Waals surface area contributed by atoms with E-state index in [0.717, 1.165) is 11.1 Å². The monoisotopic (exact) mass is 240 g/mol. The Kier molecular flexibility index (Phi) is 2.98. The van der Waals surface area contributed by atoms with Gasteiger partial charge in [0.1, 0.15) is 16.6 Å². The van der Waals surface area contributed by atoms with Gasteiger partial charge in [0.25, 0.3) is 0 Å². The van der Waals surface area contributed by atoms with Crippen LogP contribution in [0.3, 0.4) is 0 Å². The fourth-order valence-corrected chi connectivity index (χ4v) is 2.12. The van der Waals surface area contributed by atoms with E-state index < -0.39 is 11.6 Å². The fraction of sp³-hybridized carbons (Fsp3) is 0.182. The summed E-state index contributed by atoms with van der Waals surface area (Å²) in [6.45, 7) is 1.81. The first-order valence-electron chi connectivity index (χ1n) is 4.74. The lowest BCUT2D eigenvalue weighted by Gasteiger charge is -1.99. The molecule has 1 aromatic heterocycles. The number of hydrogen-bond acceptors (Lipinski definition) is 3. The summed E-state index contributed by atoms with van der Waals surface area (Å²) in [5.74, 6) is -1.21. The first kappa shape index (κ1) is 11.2. The summed E-state index contributed by atoms with van der Waals surface area (Å²) in [5, 5.41) is 2.49. The van der Waals surface area contributed by atoms with E-state index in [1.807, 2.05) is 6.92 Å². The predicted molar refractivity (Wildman–Crippen MR) is 60.1 cm³/mol. The Balaban J connectivity index is 2.42. The molecule has 0 saturated heterocycles. The summed E-state index contributed by atoms with van der Waals surface area (Å²) in [5.41, 5.74) is 6.65. The van der Waals surface area contributed by atoms with Crippen LogP contribution < -0.4 is 5.73 Å². The van der Waals surface area contributed by atoms with Crippen LogP contribution in [-0.4, -0.2) is 4.98 Å². The summed E-state index contributed by atoms with van der Waals surface area (Å²) in [6, 6.07) is 3.17. The molecule has 0 fully saturated rings. The molecule has 0 radical (unpaired) electrons. The average Bonchev–Trinajstić information content (AvgIpc) is 2.64. The van der Waals surface area contributed by atoms with Gasteiger partial charge in [0.05, 0.1) is 11.7 Å². The topological polar surface area (TPSA) is 38.9 Å². The number of rotatable bonds is 2. The lowest BCUT2D eigenvalue weighted by atomic mass is 10.1. The molecular weight excluding hydrogens is 230 g/mol. The molecule has 0 aliphatic rings. The number of nitrogens with two attached hydrogens (primary N) is 1. The molecule has 1 atom stereocenters. The van der Waals surface area contributed by atoms with Crippen molar-refractivity contribution in [1.82, 2.24) is 4.98 Å². The van der Waals surface area contributed by atoms with E-state index in [1.54, 1.807) is 5.38 Å². The molecule has 2 aromatic rings. The van der Waals surface area contributed by atoms with Crippen LogP contribution in [0.25, 0.3) is 11.3 Å². The quantitative estimate of drug-likeness (QED) is 0.876. The lowest BCUT2D eigenvalue weighted by Crippen LogP contribution is -2.03. The van der Waals surface area contributed by atoms with E-state index in [1.165, 1.54) is 23.5 Å². The molecule has 0 saturated carbocycles. The first-order valence-corrected chi connectivity index (χ1v) is 5.61. The van der Waals surface area contributed by atoms with Crippen molar-refractivity contribution in [2.24, 2.45) is 5.73 Å². The SMILES string of the molecule is CC(N)c1nc(-c2cc(F)cc(F)c2)cs1. The third-order valence-corrected chi connectivity index (χ3v) is 3.12. The molecule has 0 amide bonds. The molecule has 0 bridgehead atoms. The minimum absolute atomic E-state index is 0.169. The highest BCUT2D eigenvalue weighted by molar-refractivity contribution is 7.10. The molecule has 0 aliphatic heterocycles. The Labute approximate surface area is 95.7 Å². The van der Waals surface area contributed by atoms with Gasteiger partial charge in [-0.25, -0.2) is 13.8 Å². The largest absolute Gasteiger partial charge is 0.322 e. The van der Waals surface area contributed by atoms with E-state index in [-0.39, 0.29) is 6.04 Å². The van der Waals surface area contributed by atoms with Gasteiger partial charge in [-0.1, -0.05) is 0 Å². The molecule has 2 rings (SSSR count). The van der Waals surface area contributed by atoms with E-state index in [0.29, 0.717) is 11.3 Å².